The molecule has 2 aromatic heterocycles. The fourth-order valence-electron chi connectivity index (χ4n) is 4.91. The molecule has 0 aliphatic rings. The van der Waals surface area contributed by atoms with E-state index in [-0.39, 0.29) is 38.0 Å². The van der Waals surface area contributed by atoms with Crippen molar-refractivity contribution in [3.8, 4) is 11.5 Å². The Hall–Kier alpha value is -5.92. The molecule has 0 atom stereocenters. The summed E-state index contributed by atoms with van der Waals surface area (Å²) < 4.78 is 28.8. The Morgan fingerprint density at radius 2 is 1.25 bits per heavy atom. The zero-order valence-electron chi connectivity index (χ0n) is 33.2. The first-order valence-electron chi connectivity index (χ1n) is 17.9. The molecule has 2 heterocycles. The molecule has 55 heavy (non-hydrogen) atoms. The molecular weight excluding hydrogens is 706 g/mol. The second-order valence-corrected chi connectivity index (χ2v) is 15.7. The van der Waals surface area contributed by atoms with Gasteiger partial charge in [0.05, 0.1) is 24.3 Å². The lowest BCUT2D eigenvalue weighted by molar-refractivity contribution is -0.114. The summed E-state index contributed by atoms with van der Waals surface area (Å²) in [4.78, 5) is 62.5. The molecule has 0 saturated carbocycles. The number of ether oxygens (including phenoxy) is 5. The molecule has 0 radical (unpaired) electrons. The van der Waals surface area contributed by atoms with E-state index in [1.807, 2.05) is 30.3 Å². The molecule has 0 bridgehead atoms. The van der Waals surface area contributed by atoms with E-state index in [9.17, 15) is 19.2 Å². The minimum Gasteiger partial charge on any atom is -0.492 e. The van der Waals surface area contributed by atoms with Crippen molar-refractivity contribution in [1.29, 1.82) is 0 Å². The molecule has 0 aliphatic heterocycles. The number of anilines is 2. The number of carbonyl (C=O) groups is 4. The highest BCUT2D eigenvalue weighted by Gasteiger charge is 2.34. The van der Waals surface area contributed by atoms with Gasteiger partial charge in [0.2, 0.25) is 5.91 Å². The maximum Gasteiger partial charge on any atom is 0.425 e. The third kappa shape index (κ3) is 13.8. The number of aromatic nitrogens is 2. The Balaban J connectivity index is 1.46. The highest BCUT2D eigenvalue weighted by atomic mass is 16.6. The van der Waals surface area contributed by atoms with E-state index in [4.69, 9.17) is 23.7 Å². The lowest BCUT2D eigenvalue weighted by Gasteiger charge is -2.29. The second-order valence-electron chi connectivity index (χ2n) is 15.7. The maximum atomic E-state index is 13.4. The lowest BCUT2D eigenvalue weighted by atomic mass is 10.1. The first-order chi connectivity index (χ1) is 25.6. The number of hydrogen-bond donors (Lipinski definition) is 1. The van der Waals surface area contributed by atoms with Crippen molar-refractivity contribution in [2.45, 2.75) is 99.2 Å². The van der Waals surface area contributed by atoms with Gasteiger partial charge in [-0.2, -0.15) is 4.90 Å². The average molecular weight is 758 g/mol. The van der Waals surface area contributed by atoms with Gasteiger partial charge < -0.3 is 29.0 Å². The van der Waals surface area contributed by atoms with Gasteiger partial charge in [-0.3, -0.25) is 9.69 Å². The summed E-state index contributed by atoms with van der Waals surface area (Å²) in [5, 5.41) is 3.63. The highest BCUT2D eigenvalue weighted by Crippen LogP contribution is 2.24. The summed E-state index contributed by atoms with van der Waals surface area (Å²) in [7, 11) is 0. The van der Waals surface area contributed by atoms with Gasteiger partial charge >= 0.3 is 18.3 Å². The van der Waals surface area contributed by atoms with Crippen molar-refractivity contribution in [3.05, 3.63) is 84.1 Å². The number of rotatable bonds is 11. The molecule has 0 saturated heterocycles. The summed E-state index contributed by atoms with van der Waals surface area (Å²) in [6.45, 7) is 17.3. The predicted molar refractivity (Wildman–Crippen MR) is 208 cm³/mol. The Bertz CT molecular complexity index is 1970. The molecule has 0 aliphatic carbocycles. The fraction of sp³-hybridized carbons (Fsp3) is 0.415. The van der Waals surface area contributed by atoms with Crippen molar-refractivity contribution in [3.63, 3.8) is 0 Å². The van der Waals surface area contributed by atoms with Crippen LogP contribution in [0.15, 0.2) is 72.8 Å². The highest BCUT2D eigenvalue weighted by molar-refractivity contribution is 6.08. The molecule has 0 spiro atoms. The topological polar surface area (TPSA) is 159 Å². The molecule has 4 rings (SSSR count). The number of amides is 4. The molecule has 0 unspecified atom stereocenters. The Kier molecular flexibility index (Phi) is 13.3. The summed E-state index contributed by atoms with van der Waals surface area (Å²) in [6, 6.07) is 21.3. The first-order valence-corrected chi connectivity index (χ1v) is 17.9. The summed E-state index contributed by atoms with van der Waals surface area (Å²) >= 11 is 0. The molecule has 4 aromatic rings. The van der Waals surface area contributed by atoms with Crippen molar-refractivity contribution in [1.82, 2.24) is 14.9 Å². The lowest BCUT2D eigenvalue weighted by Crippen LogP contribution is -2.44. The van der Waals surface area contributed by atoms with Gasteiger partial charge in [0.25, 0.3) is 0 Å². The molecule has 1 N–H and O–H groups in total. The molecule has 2 aromatic carbocycles. The van der Waals surface area contributed by atoms with Crippen LogP contribution in [0.2, 0.25) is 0 Å². The van der Waals surface area contributed by atoms with Crippen LogP contribution in [-0.2, 0) is 32.2 Å². The Morgan fingerprint density at radius 1 is 0.673 bits per heavy atom. The van der Waals surface area contributed by atoms with Gasteiger partial charge in [-0.1, -0.05) is 24.3 Å². The Labute approximate surface area is 322 Å². The normalized spacial score (nSPS) is 11.7. The quantitative estimate of drug-likeness (QED) is 0.146. The SMILES string of the molecule is CC(=O)Nc1ccc2ccc(COc3cccc(OCCN(Cc4cccc(N(C(=O)OC(C)(C)C)C(=O)OC(C)(C)C)n4)C(=O)OC(C)(C)C)c3)cc2n1. The van der Waals surface area contributed by atoms with E-state index >= 15 is 0 Å². The van der Waals surface area contributed by atoms with E-state index in [0.717, 1.165) is 21.4 Å². The van der Waals surface area contributed by atoms with Crippen LogP contribution >= 0.6 is 0 Å². The van der Waals surface area contributed by atoms with E-state index in [1.165, 1.54) is 17.9 Å². The summed E-state index contributed by atoms with van der Waals surface area (Å²) in [5.41, 5.74) is -0.600. The number of fused-ring (bicyclic) bond motifs is 1. The van der Waals surface area contributed by atoms with Gasteiger partial charge in [-0.05, 0) is 110 Å². The number of hydrogen-bond acceptors (Lipinski definition) is 11. The van der Waals surface area contributed by atoms with E-state index in [1.54, 1.807) is 98.7 Å². The second kappa shape index (κ2) is 17.5. The van der Waals surface area contributed by atoms with Crippen molar-refractivity contribution < 1.29 is 42.9 Å². The minimum absolute atomic E-state index is 0.0291. The van der Waals surface area contributed by atoms with E-state index in [0.29, 0.717) is 23.0 Å². The molecule has 294 valence electrons. The monoisotopic (exact) mass is 757 g/mol. The van der Waals surface area contributed by atoms with Crippen LogP contribution in [0, 0.1) is 0 Å². The largest absolute Gasteiger partial charge is 0.492 e. The van der Waals surface area contributed by atoms with Gasteiger partial charge in [-0.25, -0.2) is 24.4 Å². The number of benzene rings is 2. The standard InChI is InChI=1S/C41H51N5O9/c1-27(47)42-34-20-19-29-18-17-28(23-33(29)44-34)26-52-32-15-12-14-31(24-32)51-22-21-45(36(48)53-39(2,3)4)25-30-13-11-16-35(43-30)46(37(49)54-40(5,6)7)38(50)55-41(8,9)10/h11-20,23-24H,21-22,25-26H2,1-10H3,(H,42,44,47). The van der Waals surface area contributed by atoms with Crippen LogP contribution < -0.4 is 19.7 Å². The number of nitrogens with zero attached hydrogens (tertiary/aromatic N) is 4. The first kappa shape index (κ1) is 41.8. The third-order valence-corrected chi connectivity index (χ3v) is 7.08. The van der Waals surface area contributed by atoms with Crippen molar-refractivity contribution in [2.24, 2.45) is 0 Å². The summed E-state index contributed by atoms with van der Waals surface area (Å²) in [6.07, 6.45) is -2.52. The zero-order valence-corrected chi connectivity index (χ0v) is 33.2. The third-order valence-electron chi connectivity index (χ3n) is 7.08. The Morgan fingerprint density at radius 3 is 1.87 bits per heavy atom. The van der Waals surface area contributed by atoms with Crippen LogP contribution in [0.4, 0.5) is 26.0 Å². The predicted octanol–water partition coefficient (Wildman–Crippen LogP) is 8.66. The van der Waals surface area contributed by atoms with Gasteiger partial charge in [0.1, 0.15) is 53.2 Å². The average Bonchev–Trinajstić information content (AvgIpc) is 3.04. The minimum atomic E-state index is -0.957. The van der Waals surface area contributed by atoms with Crippen LogP contribution in [0.25, 0.3) is 10.9 Å². The van der Waals surface area contributed by atoms with E-state index < -0.39 is 35.1 Å². The zero-order chi connectivity index (χ0) is 40.6. The molecule has 14 nitrogen and oxygen atoms in total. The van der Waals surface area contributed by atoms with Crippen LogP contribution in [0.5, 0.6) is 11.5 Å². The maximum absolute atomic E-state index is 13.4. The van der Waals surface area contributed by atoms with Gasteiger partial charge in [-0.15, -0.1) is 0 Å². The number of nitrogens with one attached hydrogen (secondary N) is 1. The summed E-state index contributed by atoms with van der Waals surface area (Å²) in [5.74, 6) is 1.33. The number of imide groups is 1. The van der Waals surface area contributed by atoms with Gasteiger partial charge in [0.15, 0.2) is 0 Å². The molecule has 0 fully saturated rings. The van der Waals surface area contributed by atoms with Crippen LogP contribution in [0.1, 0.15) is 80.5 Å². The molecule has 4 amide bonds. The van der Waals surface area contributed by atoms with E-state index in [2.05, 4.69) is 15.3 Å². The fourth-order valence-corrected chi connectivity index (χ4v) is 4.91. The molecular formula is C41H51N5O9. The van der Waals surface area contributed by atoms with Crippen molar-refractivity contribution >= 4 is 46.7 Å². The van der Waals surface area contributed by atoms with Crippen molar-refractivity contribution in [2.75, 3.05) is 23.4 Å². The van der Waals surface area contributed by atoms with Gasteiger partial charge in [0, 0.05) is 18.4 Å². The molecule has 14 heteroatoms. The van der Waals surface area contributed by atoms with Crippen LogP contribution in [0.3, 0.4) is 0 Å². The number of pyridine rings is 2. The smallest absolute Gasteiger partial charge is 0.425 e. The van der Waals surface area contributed by atoms with Crippen LogP contribution in [-0.4, -0.2) is 69.0 Å². The number of carbonyl (C=O) groups excluding carboxylic acids is 4.